The molecule has 1 aromatic rings. The molecule has 1 fully saturated rings. The van der Waals surface area contributed by atoms with Crippen molar-refractivity contribution in [3.63, 3.8) is 0 Å². The maximum absolute atomic E-state index is 5.95. The fourth-order valence-corrected chi connectivity index (χ4v) is 2.40. The summed E-state index contributed by atoms with van der Waals surface area (Å²) in [5.74, 6) is 0. The van der Waals surface area contributed by atoms with Crippen LogP contribution in [0, 0.1) is 0 Å². The van der Waals surface area contributed by atoms with Crippen molar-refractivity contribution in [2.24, 2.45) is 0 Å². The second-order valence-corrected chi connectivity index (χ2v) is 4.68. The lowest BCUT2D eigenvalue weighted by molar-refractivity contribution is 0.233. The van der Waals surface area contributed by atoms with Crippen LogP contribution in [0.3, 0.4) is 0 Å². The zero-order valence-corrected chi connectivity index (χ0v) is 12.4. The number of hydrogen-bond acceptors (Lipinski definition) is 2. The molecule has 2 rings (SSSR count). The van der Waals surface area contributed by atoms with E-state index in [2.05, 4.69) is 10.2 Å². The average Bonchev–Trinajstić information content (AvgIpc) is 2.17. The highest BCUT2D eigenvalue weighted by molar-refractivity contribution is 6.34. The molecule has 0 saturated carbocycles. The summed E-state index contributed by atoms with van der Waals surface area (Å²) in [7, 11) is 0. The highest BCUT2D eigenvalue weighted by atomic mass is 35.5. The lowest BCUT2D eigenvalue weighted by Crippen LogP contribution is -2.42. The van der Waals surface area contributed by atoms with Gasteiger partial charge in [-0.1, -0.05) is 23.2 Å². The zero-order chi connectivity index (χ0) is 10.7. The molecule has 0 unspecified atom stereocenters. The van der Waals surface area contributed by atoms with Gasteiger partial charge in [0, 0.05) is 42.8 Å². The van der Waals surface area contributed by atoms with E-state index in [-0.39, 0.29) is 24.8 Å². The maximum atomic E-state index is 5.95. The van der Waals surface area contributed by atoms with Crippen molar-refractivity contribution in [2.45, 2.75) is 6.54 Å². The molecule has 1 saturated heterocycles. The number of nitrogens with one attached hydrogen (secondary N) is 1. The Kier molecular flexibility index (Phi) is 8.56. The van der Waals surface area contributed by atoms with E-state index < -0.39 is 0 Å². The van der Waals surface area contributed by atoms with Gasteiger partial charge in [-0.25, -0.2) is 0 Å². The Bertz CT molecular complexity index is 320. The van der Waals surface area contributed by atoms with Crippen molar-refractivity contribution < 1.29 is 0 Å². The van der Waals surface area contributed by atoms with Gasteiger partial charge >= 0.3 is 0 Å². The van der Waals surface area contributed by atoms with Gasteiger partial charge in [0.15, 0.2) is 0 Å². The molecule has 1 heterocycles. The summed E-state index contributed by atoms with van der Waals surface area (Å²) >= 11 is 11.9. The van der Waals surface area contributed by atoms with Gasteiger partial charge in [-0.2, -0.15) is 0 Å². The van der Waals surface area contributed by atoms with Crippen LogP contribution in [0.15, 0.2) is 18.2 Å². The zero-order valence-electron chi connectivity index (χ0n) is 9.29. The van der Waals surface area contributed by atoms with E-state index in [0.717, 1.165) is 32.7 Å². The fourth-order valence-electron chi connectivity index (χ4n) is 1.83. The van der Waals surface area contributed by atoms with E-state index in [4.69, 9.17) is 23.2 Å². The molecule has 0 atom stereocenters. The van der Waals surface area contributed by atoms with Crippen molar-refractivity contribution in [1.82, 2.24) is 10.2 Å². The Balaban J connectivity index is 0.00000128. The van der Waals surface area contributed by atoms with E-state index in [1.54, 1.807) is 6.07 Å². The SMILES string of the molecule is Cl.Cl.Clc1cc(Cl)cc(CN2CCNCC2)c1. The quantitative estimate of drug-likeness (QED) is 0.901. The minimum absolute atomic E-state index is 0. The molecule has 0 aliphatic carbocycles. The predicted molar refractivity (Wildman–Crippen MR) is 79.1 cm³/mol. The van der Waals surface area contributed by atoms with E-state index in [9.17, 15) is 0 Å². The standard InChI is InChI=1S/C11H14Cl2N2.2ClH/c12-10-5-9(6-11(13)7-10)8-15-3-1-14-2-4-15;;/h5-7,14H,1-4,8H2;2*1H. The predicted octanol–water partition coefficient (Wildman–Crippen LogP) is 3.24. The summed E-state index contributed by atoms with van der Waals surface area (Å²) in [5.41, 5.74) is 1.19. The van der Waals surface area contributed by atoms with Gasteiger partial charge in [0.2, 0.25) is 0 Å². The van der Waals surface area contributed by atoms with Gasteiger partial charge in [0.1, 0.15) is 0 Å². The third-order valence-electron chi connectivity index (χ3n) is 2.54. The molecule has 1 aliphatic rings. The molecule has 0 radical (unpaired) electrons. The molecule has 1 aromatic carbocycles. The number of piperazine rings is 1. The highest BCUT2D eigenvalue weighted by Crippen LogP contribution is 2.20. The van der Waals surface area contributed by atoms with Crippen molar-refractivity contribution in [1.29, 1.82) is 0 Å². The summed E-state index contributed by atoms with van der Waals surface area (Å²) in [4.78, 5) is 2.40. The first-order chi connectivity index (χ1) is 7.24. The Morgan fingerprint density at radius 3 is 2.06 bits per heavy atom. The Hall–Kier alpha value is 0.300. The maximum Gasteiger partial charge on any atom is 0.0424 e. The number of benzene rings is 1. The number of rotatable bonds is 2. The van der Waals surface area contributed by atoms with E-state index in [1.807, 2.05) is 12.1 Å². The third-order valence-corrected chi connectivity index (χ3v) is 2.97. The average molecular weight is 318 g/mol. The lowest BCUT2D eigenvalue weighted by Gasteiger charge is -2.27. The summed E-state index contributed by atoms with van der Waals surface area (Å²) in [6.07, 6.45) is 0. The number of hydrogen-bond donors (Lipinski definition) is 1. The third kappa shape index (κ3) is 5.64. The van der Waals surface area contributed by atoms with E-state index in [1.165, 1.54) is 5.56 Å². The van der Waals surface area contributed by atoms with Gasteiger partial charge in [-0.3, -0.25) is 4.90 Å². The molecular weight excluding hydrogens is 302 g/mol. The monoisotopic (exact) mass is 316 g/mol. The van der Waals surface area contributed by atoms with Crippen LogP contribution in [-0.2, 0) is 6.54 Å². The van der Waals surface area contributed by atoms with Crippen LogP contribution in [0.5, 0.6) is 0 Å². The van der Waals surface area contributed by atoms with Crippen molar-refractivity contribution in [3.8, 4) is 0 Å². The Labute approximate surface area is 124 Å². The molecule has 0 bridgehead atoms. The van der Waals surface area contributed by atoms with Gasteiger partial charge in [0.05, 0.1) is 0 Å². The van der Waals surface area contributed by atoms with E-state index in [0.29, 0.717) is 10.0 Å². The molecule has 98 valence electrons. The molecule has 0 spiro atoms. The molecule has 1 aliphatic heterocycles. The van der Waals surface area contributed by atoms with Crippen molar-refractivity contribution in [2.75, 3.05) is 26.2 Å². The summed E-state index contributed by atoms with van der Waals surface area (Å²) < 4.78 is 0. The van der Waals surface area contributed by atoms with Crippen LogP contribution < -0.4 is 5.32 Å². The van der Waals surface area contributed by atoms with Crippen LogP contribution in [-0.4, -0.2) is 31.1 Å². The van der Waals surface area contributed by atoms with Crippen LogP contribution in [0.1, 0.15) is 5.56 Å². The number of nitrogens with zero attached hydrogens (tertiary/aromatic N) is 1. The smallest absolute Gasteiger partial charge is 0.0424 e. The first-order valence-corrected chi connectivity index (χ1v) is 5.88. The molecule has 2 nitrogen and oxygen atoms in total. The molecular formula is C11H16Cl4N2. The molecule has 1 N–H and O–H groups in total. The second-order valence-electron chi connectivity index (χ2n) is 3.80. The normalized spacial score (nSPS) is 15.9. The molecule has 17 heavy (non-hydrogen) atoms. The first-order valence-electron chi connectivity index (χ1n) is 5.12. The van der Waals surface area contributed by atoms with Crippen molar-refractivity contribution >= 4 is 48.0 Å². The lowest BCUT2D eigenvalue weighted by atomic mass is 10.2. The molecule has 0 amide bonds. The Morgan fingerprint density at radius 2 is 1.53 bits per heavy atom. The Morgan fingerprint density at radius 1 is 1.00 bits per heavy atom. The van der Waals surface area contributed by atoms with Crippen LogP contribution >= 0.6 is 48.0 Å². The van der Waals surface area contributed by atoms with Gasteiger partial charge in [-0.05, 0) is 23.8 Å². The van der Waals surface area contributed by atoms with Gasteiger partial charge in [0.25, 0.3) is 0 Å². The number of halogens is 4. The molecule has 0 aromatic heterocycles. The second kappa shape index (κ2) is 8.41. The summed E-state index contributed by atoms with van der Waals surface area (Å²) in [5, 5.41) is 4.76. The minimum Gasteiger partial charge on any atom is -0.314 e. The fraction of sp³-hybridized carbons (Fsp3) is 0.455. The van der Waals surface area contributed by atoms with Crippen LogP contribution in [0.4, 0.5) is 0 Å². The largest absolute Gasteiger partial charge is 0.314 e. The summed E-state index contributed by atoms with van der Waals surface area (Å²) in [6.45, 7) is 5.23. The van der Waals surface area contributed by atoms with E-state index >= 15 is 0 Å². The first kappa shape index (κ1) is 17.3. The van der Waals surface area contributed by atoms with Crippen LogP contribution in [0.25, 0.3) is 0 Å². The topological polar surface area (TPSA) is 15.3 Å². The summed E-state index contributed by atoms with van der Waals surface area (Å²) in [6, 6.07) is 5.73. The van der Waals surface area contributed by atoms with Gasteiger partial charge in [-0.15, -0.1) is 24.8 Å². The van der Waals surface area contributed by atoms with Crippen molar-refractivity contribution in [3.05, 3.63) is 33.8 Å². The highest BCUT2D eigenvalue weighted by Gasteiger charge is 2.10. The van der Waals surface area contributed by atoms with Gasteiger partial charge < -0.3 is 5.32 Å². The van der Waals surface area contributed by atoms with Crippen LogP contribution in [0.2, 0.25) is 10.0 Å². The molecule has 6 heteroatoms. The minimum atomic E-state index is 0.